The van der Waals surface area contributed by atoms with E-state index in [1.165, 1.54) is 6.07 Å². The number of amides is 3. The van der Waals surface area contributed by atoms with Gasteiger partial charge in [0.15, 0.2) is 0 Å². The van der Waals surface area contributed by atoms with Crippen LogP contribution < -0.4 is 20.9 Å². The van der Waals surface area contributed by atoms with Crippen LogP contribution in [0.5, 0.6) is 5.75 Å². The molecule has 1 atom stereocenters. The number of benzene rings is 2. The molecule has 0 bridgehead atoms. The normalized spacial score (nSPS) is 19.2. The van der Waals surface area contributed by atoms with Crippen molar-refractivity contribution in [2.45, 2.75) is 83.5 Å². The Bertz CT molecular complexity index is 1980. The summed E-state index contributed by atoms with van der Waals surface area (Å²) >= 11 is 6.85. The summed E-state index contributed by atoms with van der Waals surface area (Å²) in [5, 5.41) is 5.64. The largest absolute Gasteiger partial charge is 0.496 e. The van der Waals surface area contributed by atoms with Gasteiger partial charge in [-0.2, -0.15) is 13.2 Å². The number of aromatic nitrogens is 1. The predicted octanol–water partition coefficient (Wildman–Crippen LogP) is 6.58. The molecule has 1 unspecified atom stereocenters. The number of methoxy groups -OCH3 is 1. The summed E-state index contributed by atoms with van der Waals surface area (Å²) in [6, 6.07) is 7.15. The Kier molecular flexibility index (Phi) is 11.8. The van der Waals surface area contributed by atoms with E-state index in [1.54, 1.807) is 29.7 Å². The molecule has 3 aromatic rings. The van der Waals surface area contributed by atoms with Gasteiger partial charge in [-0.3, -0.25) is 29.4 Å². The van der Waals surface area contributed by atoms with Gasteiger partial charge >= 0.3 is 6.18 Å². The molecule has 0 saturated carbocycles. The molecular weight excluding hydrogens is 723 g/mol. The summed E-state index contributed by atoms with van der Waals surface area (Å²) in [6.45, 7) is 6.70. The van der Waals surface area contributed by atoms with Gasteiger partial charge in [-0.15, -0.1) is 0 Å². The van der Waals surface area contributed by atoms with Crippen molar-refractivity contribution >= 4 is 35.0 Å². The Hall–Kier alpha value is -4.36. The van der Waals surface area contributed by atoms with Gasteiger partial charge in [-0.25, -0.2) is 0 Å². The maximum Gasteiger partial charge on any atom is 0.416 e. The molecule has 10 nitrogen and oxygen atoms in total. The van der Waals surface area contributed by atoms with Gasteiger partial charge in [0, 0.05) is 73.1 Å². The lowest BCUT2D eigenvalue weighted by molar-refractivity contribution is -0.139. The second-order valence-electron chi connectivity index (χ2n) is 14.9. The van der Waals surface area contributed by atoms with E-state index in [0.717, 1.165) is 54.3 Å². The van der Waals surface area contributed by atoms with Crippen molar-refractivity contribution in [3.63, 3.8) is 0 Å². The number of likely N-dealkylation sites (tertiary alicyclic amines) is 2. The molecule has 0 radical (unpaired) electrons. The summed E-state index contributed by atoms with van der Waals surface area (Å²) in [6.07, 6.45) is 0.485. The van der Waals surface area contributed by atoms with Crippen LogP contribution in [0.3, 0.4) is 0 Å². The van der Waals surface area contributed by atoms with E-state index in [4.69, 9.17) is 16.3 Å². The fraction of sp³-hybridized carbons (Fsp3) is 0.500. The number of carbonyl (C=O) groups is 3. The molecule has 290 valence electrons. The molecule has 54 heavy (non-hydrogen) atoms. The number of nitrogens with one attached hydrogen (secondary N) is 2. The molecule has 2 aromatic carbocycles. The zero-order valence-corrected chi connectivity index (χ0v) is 31.8. The average molecular weight is 770 g/mol. The van der Waals surface area contributed by atoms with Crippen LogP contribution in [0.4, 0.5) is 18.9 Å². The van der Waals surface area contributed by atoms with E-state index in [1.807, 2.05) is 32.2 Å². The standard InChI is InChI=1S/C40H47ClF3N5O5/c1-23-24(2)39(53)47(3)21-30(23)27-18-33(41)31(35(19-27)54-4)22-48-13-9-25(10-14-48)17-37(51)49-15-11-26(12-16-49)29-6-5-28(20-32(29)40(42,43)44)45-34-7-8-36(50)46-38(34)52/h5-6,18-21,25-26,34,45H,7-17,22H2,1-4H3,(H,46,50,52). The number of carbonyl (C=O) groups excluding carboxylic acids is 3. The first kappa shape index (κ1) is 39.3. The van der Waals surface area contributed by atoms with E-state index >= 15 is 0 Å². The number of pyridine rings is 1. The number of ether oxygens (including phenoxy) is 1. The minimum Gasteiger partial charge on any atom is -0.496 e. The molecule has 0 spiro atoms. The number of alkyl halides is 3. The average Bonchev–Trinajstić information content (AvgIpc) is 3.14. The number of aryl methyl sites for hydroxylation is 1. The summed E-state index contributed by atoms with van der Waals surface area (Å²) in [7, 11) is 3.35. The van der Waals surface area contributed by atoms with Crippen LogP contribution in [0.25, 0.3) is 11.1 Å². The number of rotatable bonds is 9. The number of anilines is 1. The molecular formula is C40H47ClF3N5O5. The van der Waals surface area contributed by atoms with Crippen LogP contribution in [-0.2, 0) is 34.2 Å². The highest BCUT2D eigenvalue weighted by molar-refractivity contribution is 6.32. The molecule has 1 aromatic heterocycles. The van der Waals surface area contributed by atoms with Gasteiger partial charge in [0.2, 0.25) is 17.7 Å². The monoisotopic (exact) mass is 769 g/mol. The SMILES string of the molecule is COc1cc(-c2cn(C)c(=O)c(C)c2C)cc(Cl)c1CN1CCC(CC(=O)N2CCC(c3ccc(NC4CCC(=O)NC4=O)cc3C(F)(F)F)CC2)CC1. The van der Waals surface area contributed by atoms with Crippen molar-refractivity contribution in [2.75, 3.05) is 38.6 Å². The zero-order chi connectivity index (χ0) is 38.9. The van der Waals surface area contributed by atoms with Gasteiger partial charge in [0.25, 0.3) is 5.56 Å². The predicted molar refractivity (Wildman–Crippen MR) is 201 cm³/mol. The fourth-order valence-corrected chi connectivity index (χ4v) is 8.31. The van der Waals surface area contributed by atoms with E-state index in [9.17, 15) is 32.3 Å². The van der Waals surface area contributed by atoms with Crippen molar-refractivity contribution in [3.05, 3.63) is 79.7 Å². The number of piperidine rings is 3. The molecule has 2 N–H and O–H groups in total. The molecule has 3 amide bonds. The third-order valence-corrected chi connectivity index (χ3v) is 11.7. The number of halogens is 4. The Morgan fingerprint density at radius 3 is 2.33 bits per heavy atom. The first-order chi connectivity index (χ1) is 25.6. The molecule has 3 aliphatic heterocycles. The molecule has 3 aliphatic rings. The van der Waals surface area contributed by atoms with Crippen LogP contribution in [0.2, 0.25) is 5.02 Å². The highest BCUT2D eigenvalue weighted by Gasteiger charge is 2.38. The Morgan fingerprint density at radius 1 is 0.981 bits per heavy atom. The molecule has 3 saturated heterocycles. The second-order valence-corrected chi connectivity index (χ2v) is 15.3. The van der Waals surface area contributed by atoms with E-state index < -0.39 is 29.6 Å². The van der Waals surface area contributed by atoms with Gasteiger partial charge in [-0.05, 0) is 112 Å². The topological polar surface area (TPSA) is 113 Å². The Morgan fingerprint density at radius 2 is 1.69 bits per heavy atom. The van der Waals surface area contributed by atoms with Gasteiger partial charge in [-0.1, -0.05) is 17.7 Å². The van der Waals surface area contributed by atoms with Crippen LogP contribution in [0, 0.1) is 19.8 Å². The molecule has 4 heterocycles. The number of hydrogen-bond acceptors (Lipinski definition) is 7. The molecule has 6 rings (SSSR count). The highest BCUT2D eigenvalue weighted by Crippen LogP contribution is 2.41. The van der Waals surface area contributed by atoms with Crippen molar-refractivity contribution in [1.29, 1.82) is 0 Å². The Labute approximate surface area is 318 Å². The lowest BCUT2D eigenvalue weighted by Crippen LogP contribution is -2.47. The van der Waals surface area contributed by atoms with Crippen LogP contribution in [-0.4, -0.2) is 71.4 Å². The molecule has 14 heteroatoms. The second kappa shape index (κ2) is 16.2. The summed E-state index contributed by atoms with van der Waals surface area (Å²) in [5.74, 6) is -0.382. The van der Waals surface area contributed by atoms with Crippen molar-refractivity contribution in [3.8, 4) is 16.9 Å². The summed E-state index contributed by atoms with van der Waals surface area (Å²) < 4.78 is 50.1. The Balaban J connectivity index is 1.01. The third kappa shape index (κ3) is 8.62. The molecule has 3 fully saturated rings. The maximum absolute atomic E-state index is 14.2. The van der Waals surface area contributed by atoms with Gasteiger partial charge in [0.05, 0.1) is 12.7 Å². The van der Waals surface area contributed by atoms with Crippen molar-refractivity contribution in [1.82, 2.24) is 19.7 Å². The summed E-state index contributed by atoms with van der Waals surface area (Å²) in [5.41, 5.74) is 3.83. The third-order valence-electron chi connectivity index (χ3n) is 11.4. The van der Waals surface area contributed by atoms with E-state index in [0.29, 0.717) is 55.2 Å². The first-order valence-electron chi connectivity index (χ1n) is 18.5. The van der Waals surface area contributed by atoms with E-state index in [-0.39, 0.29) is 47.4 Å². The lowest BCUT2D eigenvalue weighted by Gasteiger charge is -2.36. The maximum atomic E-state index is 14.2. The fourth-order valence-electron chi connectivity index (χ4n) is 8.04. The lowest BCUT2D eigenvalue weighted by atomic mass is 9.85. The van der Waals surface area contributed by atoms with Crippen molar-refractivity contribution in [2.24, 2.45) is 13.0 Å². The quantitative estimate of drug-likeness (QED) is 0.237. The first-order valence-corrected chi connectivity index (χ1v) is 18.9. The van der Waals surface area contributed by atoms with Crippen LogP contribution >= 0.6 is 11.6 Å². The van der Waals surface area contributed by atoms with Crippen molar-refractivity contribution < 1.29 is 32.3 Å². The molecule has 0 aliphatic carbocycles. The van der Waals surface area contributed by atoms with E-state index in [2.05, 4.69) is 15.5 Å². The minimum atomic E-state index is -4.60. The summed E-state index contributed by atoms with van der Waals surface area (Å²) in [4.78, 5) is 53.5. The van der Waals surface area contributed by atoms with Gasteiger partial charge in [0.1, 0.15) is 11.8 Å². The number of imide groups is 1. The minimum absolute atomic E-state index is 0.0363. The number of hydrogen-bond donors (Lipinski definition) is 2. The van der Waals surface area contributed by atoms with Crippen LogP contribution in [0.15, 0.2) is 41.3 Å². The van der Waals surface area contributed by atoms with Gasteiger partial charge < -0.3 is 19.5 Å². The number of nitrogens with zero attached hydrogens (tertiary/aromatic N) is 3. The zero-order valence-electron chi connectivity index (χ0n) is 31.1. The highest BCUT2D eigenvalue weighted by atomic mass is 35.5. The van der Waals surface area contributed by atoms with Crippen LogP contribution in [0.1, 0.15) is 78.7 Å². The smallest absolute Gasteiger partial charge is 0.416 e.